The maximum atomic E-state index is 12.2. The van der Waals surface area contributed by atoms with E-state index >= 15 is 0 Å². The Balaban J connectivity index is 1.98. The summed E-state index contributed by atoms with van der Waals surface area (Å²) in [5, 5.41) is 9.96. The molecule has 1 aliphatic carbocycles. The molecule has 1 aliphatic heterocycles. The lowest BCUT2D eigenvalue weighted by atomic mass is 9.83. The van der Waals surface area contributed by atoms with Crippen LogP contribution in [0.15, 0.2) is 0 Å². The van der Waals surface area contributed by atoms with Crippen LogP contribution in [0.25, 0.3) is 0 Å². The first-order valence-corrected chi connectivity index (χ1v) is 13.1. The number of carbonyl (C=O) groups is 1. The number of hydrogen-bond donors (Lipinski definition) is 1. The van der Waals surface area contributed by atoms with E-state index in [1.807, 2.05) is 13.8 Å². The highest BCUT2D eigenvalue weighted by Gasteiger charge is 2.68. The van der Waals surface area contributed by atoms with Gasteiger partial charge in [-0.3, -0.25) is 0 Å². The molecule has 0 aromatic rings. The minimum atomic E-state index is -1.49. The summed E-state index contributed by atoms with van der Waals surface area (Å²) in [4.78, 5) is 12.2. The van der Waals surface area contributed by atoms with E-state index in [9.17, 15) is 9.90 Å². The third kappa shape index (κ3) is 4.44. The smallest absolute Gasteiger partial charge is 0.341 e. The van der Waals surface area contributed by atoms with Gasteiger partial charge < -0.3 is 24.1 Å². The highest BCUT2D eigenvalue weighted by atomic mass is 28.3. The Morgan fingerprint density at radius 3 is 2.32 bits per heavy atom. The van der Waals surface area contributed by atoms with Gasteiger partial charge in [0.2, 0.25) is 5.60 Å². The van der Waals surface area contributed by atoms with E-state index in [0.717, 1.165) is 31.7 Å². The number of ether oxygens (including phenoxy) is 4. The van der Waals surface area contributed by atoms with E-state index in [2.05, 4.69) is 19.6 Å². The number of hydrogen-bond acceptors (Lipinski definition) is 5. The highest BCUT2D eigenvalue weighted by Crippen LogP contribution is 2.52. The molecular formula is C18H34O6Si. The number of rotatable bonds is 9. The second-order valence-electron chi connectivity index (χ2n) is 8.72. The van der Waals surface area contributed by atoms with E-state index in [4.69, 9.17) is 18.9 Å². The molecule has 1 spiro atoms. The Labute approximate surface area is 152 Å². The first kappa shape index (κ1) is 20.8. The van der Waals surface area contributed by atoms with Gasteiger partial charge in [0.05, 0.1) is 6.61 Å². The van der Waals surface area contributed by atoms with E-state index in [0.29, 0.717) is 13.0 Å². The molecular weight excluding hydrogens is 340 g/mol. The average Bonchev–Trinajstić information content (AvgIpc) is 3.05. The van der Waals surface area contributed by atoms with Crippen molar-refractivity contribution in [2.24, 2.45) is 0 Å². The van der Waals surface area contributed by atoms with Crippen LogP contribution in [0.5, 0.6) is 0 Å². The van der Waals surface area contributed by atoms with Crippen LogP contribution >= 0.6 is 0 Å². The summed E-state index contributed by atoms with van der Waals surface area (Å²) in [7, 11) is -1.15. The van der Waals surface area contributed by atoms with Crippen molar-refractivity contribution in [2.45, 2.75) is 88.6 Å². The summed E-state index contributed by atoms with van der Waals surface area (Å²) in [6.07, 6.45) is 4.02. The zero-order valence-corrected chi connectivity index (χ0v) is 17.4. The van der Waals surface area contributed by atoms with Gasteiger partial charge in [0.1, 0.15) is 12.4 Å². The molecule has 25 heavy (non-hydrogen) atoms. The van der Waals surface area contributed by atoms with E-state index in [1.54, 1.807) is 0 Å². The first-order valence-electron chi connectivity index (χ1n) is 9.37. The number of carboxylic acids is 1. The van der Waals surface area contributed by atoms with Crippen molar-refractivity contribution in [1.29, 1.82) is 0 Å². The molecule has 1 heterocycles. The molecule has 1 N–H and O–H groups in total. The Morgan fingerprint density at radius 1 is 1.16 bits per heavy atom. The fourth-order valence-corrected chi connectivity index (χ4v) is 4.37. The van der Waals surface area contributed by atoms with Crippen molar-refractivity contribution in [1.82, 2.24) is 0 Å². The van der Waals surface area contributed by atoms with Crippen LogP contribution in [-0.2, 0) is 23.7 Å². The molecule has 2 rings (SSSR count). The SMILES string of the molecule is CCC1(C)OC2(CCCC2)OC1(COCOCC[Si](C)(C)C)C(=O)O. The predicted octanol–water partition coefficient (Wildman–Crippen LogP) is 3.62. The Morgan fingerprint density at radius 2 is 1.80 bits per heavy atom. The molecule has 0 radical (unpaired) electrons. The molecule has 2 fully saturated rings. The molecule has 1 saturated heterocycles. The molecule has 2 atom stereocenters. The maximum Gasteiger partial charge on any atom is 0.341 e. The minimum Gasteiger partial charge on any atom is -0.479 e. The van der Waals surface area contributed by atoms with E-state index in [1.165, 1.54) is 0 Å². The molecule has 2 aliphatic rings. The number of carboxylic acid groups (broad SMARTS) is 1. The van der Waals surface area contributed by atoms with Crippen LogP contribution < -0.4 is 0 Å². The molecule has 1 saturated carbocycles. The second-order valence-corrected chi connectivity index (χ2v) is 14.3. The molecule has 0 aromatic carbocycles. The summed E-state index contributed by atoms with van der Waals surface area (Å²) in [5.74, 6) is -1.80. The third-order valence-electron chi connectivity index (χ3n) is 5.48. The fourth-order valence-electron chi connectivity index (χ4n) is 3.61. The fraction of sp³-hybridized carbons (Fsp3) is 0.944. The molecule has 0 aromatic heterocycles. The van der Waals surface area contributed by atoms with Crippen molar-refractivity contribution in [3.63, 3.8) is 0 Å². The second kappa shape index (κ2) is 7.64. The molecule has 2 unspecified atom stereocenters. The Kier molecular flexibility index (Phi) is 6.37. The van der Waals surface area contributed by atoms with Crippen LogP contribution in [0, 0.1) is 0 Å². The van der Waals surface area contributed by atoms with Gasteiger partial charge in [-0.2, -0.15) is 0 Å². The lowest BCUT2D eigenvalue weighted by Crippen LogP contribution is -2.58. The van der Waals surface area contributed by atoms with Crippen LogP contribution in [0.2, 0.25) is 25.7 Å². The topological polar surface area (TPSA) is 74.2 Å². The Bertz CT molecular complexity index is 471. The van der Waals surface area contributed by atoms with Crippen molar-refractivity contribution in [2.75, 3.05) is 20.0 Å². The average molecular weight is 375 g/mol. The normalized spacial score (nSPS) is 31.7. The van der Waals surface area contributed by atoms with Gasteiger partial charge in [0, 0.05) is 27.5 Å². The molecule has 0 bridgehead atoms. The van der Waals surface area contributed by atoms with Crippen LogP contribution in [0.3, 0.4) is 0 Å². The van der Waals surface area contributed by atoms with Crippen LogP contribution in [0.1, 0.15) is 46.0 Å². The summed E-state index contributed by atoms with van der Waals surface area (Å²) in [6.45, 7) is 11.3. The summed E-state index contributed by atoms with van der Waals surface area (Å²) >= 11 is 0. The zero-order chi connectivity index (χ0) is 18.8. The van der Waals surface area contributed by atoms with Crippen molar-refractivity contribution < 1.29 is 28.8 Å². The molecule has 6 nitrogen and oxygen atoms in total. The molecule has 0 amide bonds. The lowest BCUT2D eigenvalue weighted by molar-refractivity contribution is -0.210. The maximum absolute atomic E-state index is 12.2. The van der Waals surface area contributed by atoms with E-state index in [-0.39, 0.29) is 13.4 Å². The summed E-state index contributed by atoms with van der Waals surface area (Å²) in [6, 6.07) is 1.05. The van der Waals surface area contributed by atoms with Crippen LogP contribution in [-0.4, -0.2) is 56.1 Å². The van der Waals surface area contributed by atoms with Gasteiger partial charge in [-0.25, -0.2) is 4.79 Å². The van der Waals surface area contributed by atoms with Crippen LogP contribution in [0.4, 0.5) is 0 Å². The molecule has 7 heteroatoms. The standard InChI is InChI=1S/C18H34O6Si/c1-6-16(2)18(15(19)20,24-17(23-16)9-7-8-10-17)13-22-14-21-11-12-25(3,4)5/h6-14H2,1-5H3,(H,19,20). The van der Waals surface area contributed by atoms with Gasteiger partial charge in [-0.05, 0) is 32.2 Å². The Hall–Kier alpha value is -0.473. The monoisotopic (exact) mass is 374 g/mol. The third-order valence-corrected chi connectivity index (χ3v) is 7.18. The van der Waals surface area contributed by atoms with Gasteiger partial charge in [-0.1, -0.05) is 26.6 Å². The predicted molar refractivity (Wildman–Crippen MR) is 97.4 cm³/mol. The highest BCUT2D eigenvalue weighted by molar-refractivity contribution is 6.76. The molecule has 146 valence electrons. The van der Waals surface area contributed by atoms with E-state index < -0.39 is 31.0 Å². The van der Waals surface area contributed by atoms with Crippen molar-refractivity contribution in [3.05, 3.63) is 0 Å². The van der Waals surface area contributed by atoms with Crippen molar-refractivity contribution >= 4 is 14.0 Å². The number of aliphatic carboxylic acids is 1. The van der Waals surface area contributed by atoms with Crippen molar-refractivity contribution in [3.8, 4) is 0 Å². The van der Waals surface area contributed by atoms with Gasteiger partial charge >= 0.3 is 5.97 Å². The summed E-state index contributed by atoms with van der Waals surface area (Å²) in [5.41, 5.74) is -2.41. The van der Waals surface area contributed by atoms with Gasteiger partial charge in [0.15, 0.2) is 5.79 Å². The first-order chi connectivity index (χ1) is 11.6. The minimum absolute atomic E-state index is 0.0681. The lowest BCUT2D eigenvalue weighted by Gasteiger charge is -2.35. The quantitative estimate of drug-likeness (QED) is 0.377. The largest absolute Gasteiger partial charge is 0.479 e. The zero-order valence-electron chi connectivity index (χ0n) is 16.4. The summed E-state index contributed by atoms with van der Waals surface area (Å²) < 4.78 is 23.5. The van der Waals surface area contributed by atoms with Gasteiger partial charge in [0.25, 0.3) is 0 Å². The van der Waals surface area contributed by atoms with Gasteiger partial charge in [-0.15, -0.1) is 0 Å².